The second-order valence-corrected chi connectivity index (χ2v) is 3.32. The van der Waals surface area contributed by atoms with Crippen molar-refractivity contribution in [1.29, 1.82) is 0 Å². The number of halogens is 1. The van der Waals surface area contributed by atoms with E-state index in [1.165, 1.54) is 13.2 Å². The van der Waals surface area contributed by atoms with E-state index in [9.17, 15) is 9.90 Å². The van der Waals surface area contributed by atoms with Crippen molar-refractivity contribution in [3.63, 3.8) is 0 Å². The van der Waals surface area contributed by atoms with Gasteiger partial charge in [0.15, 0.2) is 5.75 Å². The zero-order valence-corrected chi connectivity index (χ0v) is 10.1. The predicted molar refractivity (Wildman–Crippen MR) is 60.8 cm³/mol. The Kier molecular flexibility index (Phi) is 4.84. The van der Waals surface area contributed by atoms with E-state index in [1.807, 2.05) is 6.92 Å². The molecule has 0 aromatic carbocycles. The third-order valence-corrected chi connectivity index (χ3v) is 2.45. The van der Waals surface area contributed by atoms with E-state index in [1.54, 1.807) is 18.5 Å². The standard InChI is InChI=1S/C10H15NO3.ClH/c1-6-5-8(12)10(13)9(11(6)3)7(2)14-4;/h5,7,13H,1-4H3;1H. The average molecular weight is 234 g/mol. The number of methoxy groups -OCH3 is 1. The first-order valence-electron chi connectivity index (χ1n) is 4.41. The summed E-state index contributed by atoms with van der Waals surface area (Å²) in [6.07, 6.45) is -0.299. The van der Waals surface area contributed by atoms with Gasteiger partial charge in [0.2, 0.25) is 5.43 Å². The molecule has 0 saturated carbocycles. The van der Waals surface area contributed by atoms with E-state index in [-0.39, 0.29) is 29.7 Å². The quantitative estimate of drug-likeness (QED) is 0.843. The molecule has 5 heteroatoms. The van der Waals surface area contributed by atoms with Gasteiger partial charge in [-0.3, -0.25) is 4.79 Å². The molecule has 0 spiro atoms. The van der Waals surface area contributed by atoms with Crippen LogP contribution in [0.15, 0.2) is 10.9 Å². The molecule has 0 amide bonds. The van der Waals surface area contributed by atoms with Gasteiger partial charge >= 0.3 is 0 Å². The summed E-state index contributed by atoms with van der Waals surface area (Å²) in [6, 6.07) is 1.40. The van der Waals surface area contributed by atoms with Crippen molar-refractivity contribution in [3.05, 3.63) is 27.7 Å². The number of hydrogen-bond acceptors (Lipinski definition) is 3. The number of hydrogen-bond donors (Lipinski definition) is 1. The van der Waals surface area contributed by atoms with Crippen molar-refractivity contribution < 1.29 is 9.84 Å². The Labute approximate surface area is 94.9 Å². The first-order chi connectivity index (χ1) is 6.49. The minimum atomic E-state index is -0.362. The van der Waals surface area contributed by atoms with Crippen LogP contribution >= 0.6 is 12.4 Å². The summed E-state index contributed by atoms with van der Waals surface area (Å²) in [4.78, 5) is 11.3. The molecular weight excluding hydrogens is 218 g/mol. The summed E-state index contributed by atoms with van der Waals surface area (Å²) in [5.74, 6) is -0.229. The number of nitrogens with zero attached hydrogens (tertiary/aromatic N) is 1. The molecule has 1 heterocycles. The van der Waals surface area contributed by atoms with Gasteiger partial charge in [-0.25, -0.2) is 0 Å². The van der Waals surface area contributed by atoms with Crippen LogP contribution in [0.2, 0.25) is 0 Å². The number of aromatic nitrogens is 1. The fraction of sp³-hybridized carbons (Fsp3) is 0.500. The minimum Gasteiger partial charge on any atom is -0.503 e. The zero-order valence-electron chi connectivity index (χ0n) is 9.27. The number of ether oxygens (including phenoxy) is 1. The lowest BCUT2D eigenvalue weighted by atomic mass is 10.2. The molecule has 0 fully saturated rings. The summed E-state index contributed by atoms with van der Waals surface area (Å²) in [5.41, 5.74) is 0.948. The van der Waals surface area contributed by atoms with Gasteiger partial charge in [-0.1, -0.05) is 0 Å². The molecule has 1 unspecified atom stereocenters. The summed E-state index contributed by atoms with van der Waals surface area (Å²) >= 11 is 0. The molecule has 0 aliphatic carbocycles. The summed E-state index contributed by atoms with van der Waals surface area (Å²) in [6.45, 7) is 3.60. The maximum absolute atomic E-state index is 11.3. The Balaban J connectivity index is 0.00000196. The van der Waals surface area contributed by atoms with E-state index >= 15 is 0 Å². The lowest BCUT2D eigenvalue weighted by molar-refractivity contribution is 0.109. The van der Waals surface area contributed by atoms with Crippen LogP contribution in [0.4, 0.5) is 0 Å². The topological polar surface area (TPSA) is 51.5 Å². The first-order valence-corrected chi connectivity index (χ1v) is 4.41. The molecule has 0 radical (unpaired) electrons. The van der Waals surface area contributed by atoms with Gasteiger partial charge in [-0.2, -0.15) is 0 Å². The molecule has 15 heavy (non-hydrogen) atoms. The summed E-state index contributed by atoms with van der Waals surface area (Å²) in [7, 11) is 3.33. The van der Waals surface area contributed by atoms with E-state index in [0.717, 1.165) is 5.69 Å². The molecule has 1 N–H and O–H groups in total. The second-order valence-electron chi connectivity index (χ2n) is 3.32. The monoisotopic (exact) mass is 233 g/mol. The maximum atomic E-state index is 11.3. The summed E-state index contributed by atoms with van der Waals surface area (Å²) < 4.78 is 6.84. The Morgan fingerprint density at radius 2 is 2.07 bits per heavy atom. The van der Waals surface area contributed by atoms with Gasteiger partial charge in [0.25, 0.3) is 0 Å². The Bertz CT molecular complexity index is 400. The molecule has 1 aromatic rings. The van der Waals surface area contributed by atoms with Crippen molar-refractivity contribution in [2.24, 2.45) is 7.05 Å². The van der Waals surface area contributed by atoms with Gasteiger partial charge in [0, 0.05) is 25.9 Å². The first kappa shape index (κ1) is 14.0. The van der Waals surface area contributed by atoms with E-state index < -0.39 is 0 Å². The van der Waals surface area contributed by atoms with E-state index in [2.05, 4.69) is 0 Å². The fourth-order valence-electron chi connectivity index (χ4n) is 1.41. The molecule has 0 saturated heterocycles. The van der Waals surface area contributed by atoms with Crippen molar-refractivity contribution >= 4 is 12.4 Å². The van der Waals surface area contributed by atoms with Crippen LogP contribution in [0.5, 0.6) is 5.75 Å². The fourth-order valence-corrected chi connectivity index (χ4v) is 1.41. The van der Waals surface area contributed by atoms with E-state index in [0.29, 0.717) is 5.69 Å². The predicted octanol–water partition coefficient (Wildman–Crippen LogP) is 1.53. The van der Waals surface area contributed by atoms with Crippen molar-refractivity contribution in [3.8, 4) is 5.75 Å². The molecule has 1 aromatic heterocycles. The Morgan fingerprint density at radius 3 is 2.53 bits per heavy atom. The van der Waals surface area contributed by atoms with Crippen LogP contribution in [0.3, 0.4) is 0 Å². The molecule has 0 aliphatic heterocycles. The van der Waals surface area contributed by atoms with Gasteiger partial charge < -0.3 is 14.4 Å². The molecular formula is C10H16ClNO3. The molecule has 86 valence electrons. The molecule has 0 bridgehead atoms. The van der Waals surface area contributed by atoms with Crippen LogP contribution in [0.25, 0.3) is 0 Å². The summed E-state index contributed by atoms with van der Waals surface area (Å²) in [5, 5.41) is 9.59. The van der Waals surface area contributed by atoms with Crippen molar-refractivity contribution in [2.75, 3.05) is 7.11 Å². The van der Waals surface area contributed by atoms with Crippen molar-refractivity contribution in [2.45, 2.75) is 20.0 Å². The minimum absolute atomic E-state index is 0. The number of rotatable bonds is 2. The third kappa shape index (κ3) is 2.52. The van der Waals surface area contributed by atoms with Gasteiger partial charge in [0.05, 0.1) is 11.8 Å². The smallest absolute Gasteiger partial charge is 0.223 e. The lowest BCUT2D eigenvalue weighted by Gasteiger charge is -2.17. The highest BCUT2D eigenvalue weighted by Gasteiger charge is 2.16. The largest absolute Gasteiger partial charge is 0.503 e. The van der Waals surface area contributed by atoms with Gasteiger partial charge in [-0.05, 0) is 13.8 Å². The molecule has 1 atom stereocenters. The van der Waals surface area contributed by atoms with Gasteiger partial charge in [-0.15, -0.1) is 12.4 Å². The lowest BCUT2D eigenvalue weighted by Crippen LogP contribution is -2.16. The maximum Gasteiger partial charge on any atom is 0.223 e. The van der Waals surface area contributed by atoms with Crippen LogP contribution in [0.1, 0.15) is 24.4 Å². The van der Waals surface area contributed by atoms with E-state index in [4.69, 9.17) is 4.74 Å². The highest BCUT2D eigenvalue weighted by Crippen LogP contribution is 2.22. The van der Waals surface area contributed by atoms with Crippen LogP contribution < -0.4 is 5.43 Å². The second kappa shape index (κ2) is 5.19. The SMILES string of the molecule is COC(C)c1c(O)c(=O)cc(C)n1C.Cl. The molecule has 4 nitrogen and oxygen atoms in total. The van der Waals surface area contributed by atoms with Crippen molar-refractivity contribution in [1.82, 2.24) is 4.57 Å². The Hall–Kier alpha value is -1.00. The highest BCUT2D eigenvalue weighted by molar-refractivity contribution is 5.85. The normalized spacial score (nSPS) is 12.0. The highest BCUT2D eigenvalue weighted by atomic mass is 35.5. The zero-order chi connectivity index (χ0) is 10.9. The average Bonchev–Trinajstić information content (AvgIpc) is 2.15. The Morgan fingerprint density at radius 1 is 1.53 bits per heavy atom. The number of aryl methyl sites for hydroxylation is 1. The van der Waals surface area contributed by atoms with Crippen LogP contribution in [-0.4, -0.2) is 16.8 Å². The third-order valence-electron chi connectivity index (χ3n) is 2.45. The van der Waals surface area contributed by atoms with Crippen LogP contribution in [0, 0.1) is 6.92 Å². The number of pyridine rings is 1. The van der Waals surface area contributed by atoms with Crippen LogP contribution in [-0.2, 0) is 11.8 Å². The number of aromatic hydroxyl groups is 1. The molecule has 1 rings (SSSR count). The molecule has 0 aliphatic rings. The van der Waals surface area contributed by atoms with Gasteiger partial charge in [0.1, 0.15) is 0 Å².